The predicted molar refractivity (Wildman–Crippen MR) is 143 cm³/mol. The van der Waals surface area contributed by atoms with Crippen LogP contribution in [0.1, 0.15) is 27.0 Å². The van der Waals surface area contributed by atoms with Gasteiger partial charge in [0.05, 0.1) is 16.6 Å². The van der Waals surface area contributed by atoms with Crippen molar-refractivity contribution in [3.63, 3.8) is 0 Å². The Hall–Kier alpha value is -5.19. The number of nitrogens with one attached hydrogen (secondary N) is 1. The molecule has 11 heteroatoms. The van der Waals surface area contributed by atoms with Crippen LogP contribution < -0.4 is 10.1 Å². The minimum Gasteiger partial charge on any atom is -0.410 e. The Morgan fingerprint density at radius 2 is 1.45 bits per heavy atom. The number of hydrogen-bond acceptors (Lipinski definition) is 4. The molecule has 0 spiro atoms. The first-order valence-electron chi connectivity index (χ1n) is 12.3. The van der Waals surface area contributed by atoms with Crippen molar-refractivity contribution >= 4 is 28.5 Å². The van der Waals surface area contributed by atoms with E-state index in [-0.39, 0.29) is 44.6 Å². The lowest BCUT2D eigenvalue weighted by Crippen LogP contribution is -2.17. The molecule has 0 saturated heterocycles. The molecular weight excluding hydrogens is 562 g/mol. The first-order valence-corrected chi connectivity index (χ1v) is 12.3. The van der Waals surface area contributed by atoms with Crippen LogP contribution in [0.15, 0.2) is 103 Å². The molecule has 0 fully saturated rings. The molecule has 0 aliphatic rings. The second-order valence-electron chi connectivity index (χ2n) is 9.06. The lowest BCUT2D eigenvalue weighted by Gasteiger charge is -2.16. The molecule has 1 amide bonds. The Labute approximate surface area is 234 Å². The summed E-state index contributed by atoms with van der Waals surface area (Å²) in [5.41, 5.74) is -1.52. The number of amides is 1. The molecule has 4 aromatic carbocycles. The summed E-state index contributed by atoms with van der Waals surface area (Å²) in [6.45, 7) is 0. The van der Waals surface area contributed by atoms with Gasteiger partial charge in [-0.05, 0) is 42.0 Å². The van der Waals surface area contributed by atoms with Gasteiger partial charge in [-0.15, -0.1) is 0 Å². The number of pyridine rings is 1. The quantitative estimate of drug-likeness (QED) is 0.167. The number of para-hydroxylation sites is 1. The van der Waals surface area contributed by atoms with Crippen LogP contribution >= 0.6 is 0 Å². The number of halogens is 6. The second kappa shape index (κ2) is 11.0. The SMILES string of the molecule is O=C(Nc1cccc(-c2c(C(=O)c3ccccc3)cnc3c(C(F)(F)F)cccc23)c1)Oc1cccc(C(F)(F)F)c1. The van der Waals surface area contributed by atoms with E-state index in [0.717, 1.165) is 24.4 Å². The van der Waals surface area contributed by atoms with E-state index in [9.17, 15) is 35.9 Å². The smallest absolute Gasteiger partial charge is 0.410 e. The molecule has 42 heavy (non-hydrogen) atoms. The largest absolute Gasteiger partial charge is 0.418 e. The van der Waals surface area contributed by atoms with Gasteiger partial charge in [-0.3, -0.25) is 15.1 Å². The van der Waals surface area contributed by atoms with Gasteiger partial charge in [0.25, 0.3) is 0 Å². The van der Waals surface area contributed by atoms with E-state index in [1.54, 1.807) is 36.4 Å². The van der Waals surface area contributed by atoms with Gasteiger partial charge in [0.1, 0.15) is 5.75 Å². The van der Waals surface area contributed by atoms with Crippen molar-refractivity contribution < 1.29 is 40.7 Å². The van der Waals surface area contributed by atoms with Gasteiger partial charge in [0, 0.05) is 34.0 Å². The van der Waals surface area contributed by atoms with E-state index in [1.807, 2.05) is 0 Å². The fourth-order valence-corrected chi connectivity index (χ4v) is 4.42. The highest BCUT2D eigenvalue weighted by Crippen LogP contribution is 2.39. The first kappa shape index (κ1) is 28.3. The number of anilines is 1. The Morgan fingerprint density at radius 1 is 0.738 bits per heavy atom. The fourth-order valence-electron chi connectivity index (χ4n) is 4.42. The molecule has 5 rings (SSSR count). The monoisotopic (exact) mass is 580 g/mol. The van der Waals surface area contributed by atoms with Crippen LogP contribution in [0.5, 0.6) is 5.75 Å². The number of aromatic nitrogens is 1. The Balaban J connectivity index is 1.56. The van der Waals surface area contributed by atoms with E-state index in [4.69, 9.17) is 4.74 Å². The molecule has 0 atom stereocenters. The molecule has 1 heterocycles. The molecule has 5 aromatic rings. The molecule has 1 aromatic heterocycles. The number of carbonyl (C=O) groups is 2. The number of nitrogens with zero attached hydrogens (tertiary/aromatic N) is 1. The number of fused-ring (bicyclic) bond motifs is 1. The molecule has 0 bridgehead atoms. The van der Waals surface area contributed by atoms with Gasteiger partial charge in [-0.2, -0.15) is 26.3 Å². The molecule has 0 unspecified atom stereocenters. The Morgan fingerprint density at radius 3 is 2.17 bits per heavy atom. The van der Waals surface area contributed by atoms with Crippen LogP contribution in [0.4, 0.5) is 36.8 Å². The third-order valence-electron chi connectivity index (χ3n) is 6.25. The average molecular weight is 580 g/mol. The molecule has 0 aliphatic carbocycles. The van der Waals surface area contributed by atoms with Crippen LogP contribution in [0.3, 0.4) is 0 Å². The maximum absolute atomic E-state index is 13.8. The first-order chi connectivity index (χ1) is 19.9. The summed E-state index contributed by atoms with van der Waals surface area (Å²) in [4.78, 5) is 30.0. The van der Waals surface area contributed by atoms with Crippen molar-refractivity contribution in [1.29, 1.82) is 0 Å². The lowest BCUT2D eigenvalue weighted by molar-refractivity contribution is -0.138. The topological polar surface area (TPSA) is 68.3 Å². The highest BCUT2D eigenvalue weighted by molar-refractivity contribution is 6.17. The Kier molecular flexibility index (Phi) is 7.42. The zero-order valence-electron chi connectivity index (χ0n) is 21.3. The summed E-state index contributed by atoms with van der Waals surface area (Å²) in [6.07, 6.45) is -9.38. The van der Waals surface area contributed by atoms with E-state index in [1.165, 1.54) is 36.4 Å². The normalized spacial score (nSPS) is 11.8. The lowest BCUT2D eigenvalue weighted by atomic mass is 9.91. The number of ether oxygens (including phenoxy) is 1. The zero-order valence-corrected chi connectivity index (χ0v) is 21.3. The predicted octanol–water partition coefficient (Wildman–Crippen LogP) is 8.78. The molecule has 212 valence electrons. The van der Waals surface area contributed by atoms with Crippen LogP contribution in [-0.4, -0.2) is 16.9 Å². The van der Waals surface area contributed by atoms with Crippen LogP contribution in [0, 0.1) is 0 Å². The third-order valence-corrected chi connectivity index (χ3v) is 6.25. The number of alkyl halides is 6. The van der Waals surface area contributed by atoms with Crippen LogP contribution in [-0.2, 0) is 12.4 Å². The number of rotatable bonds is 5. The van der Waals surface area contributed by atoms with E-state index >= 15 is 0 Å². The summed E-state index contributed by atoms with van der Waals surface area (Å²) >= 11 is 0. The van der Waals surface area contributed by atoms with Gasteiger partial charge in [-0.25, -0.2) is 4.79 Å². The number of benzene rings is 4. The number of hydrogen-bond donors (Lipinski definition) is 1. The second-order valence-corrected chi connectivity index (χ2v) is 9.06. The minimum absolute atomic E-state index is 0.0247. The summed E-state index contributed by atoms with van der Waals surface area (Å²) in [7, 11) is 0. The molecule has 0 radical (unpaired) electrons. The van der Waals surface area contributed by atoms with Gasteiger partial charge in [0.2, 0.25) is 0 Å². The van der Waals surface area contributed by atoms with Crippen molar-refractivity contribution in [3.8, 4) is 16.9 Å². The van der Waals surface area contributed by atoms with Crippen molar-refractivity contribution in [3.05, 3.63) is 126 Å². The van der Waals surface area contributed by atoms with E-state index in [2.05, 4.69) is 10.3 Å². The minimum atomic E-state index is -4.72. The highest BCUT2D eigenvalue weighted by Gasteiger charge is 2.34. The maximum atomic E-state index is 13.8. The fraction of sp³-hybridized carbons (Fsp3) is 0.0645. The van der Waals surface area contributed by atoms with E-state index in [0.29, 0.717) is 6.07 Å². The summed E-state index contributed by atoms with van der Waals surface area (Å²) < 4.78 is 85.5. The van der Waals surface area contributed by atoms with Gasteiger partial charge in [0.15, 0.2) is 5.78 Å². The standard InChI is InChI=1S/C31H18F6N2O3/c32-30(33,34)20-10-5-12-22(16-20)42-29(41)39-21-11-4-9-19(15-21)26-23-13-6-14-25(31(35,36)37)27(23)38-17-24(26)28(40)18-7-2-1-3-8-18/h1-17H,(H,39,41). The van der Waals surface area contributed by atoms with Crippen molar-refractivity contribution in [2.24, 2.45) is 0 Å². The van der Waals surface area contributed by atoms with Gasteiger partial charge >= 0.3 is 18.4 Å². The van der Waals surface area contributed by atoms with Crippen molar-refractivity contribution in [1.82, 2.24) is 4.98 Å². The summed E-state index contributed by atoms with van der Waals surface area (Å²) in [5, 5.41) is 2.45. The summed E-state index contributed by atoms with van der Waals surface area (Å²) in [5.74, 6) is -0.839. The number of carbonyl (C=O) groups excluding carboxylic acids is 2. The maximum Gasteiger partial charge on any atom is 0.418 e. The molecular formula is C31H18F6N2O3. The van der Waals surface area contributed by atoms with Crippen molar-refractivity contribution in [2.75, 3.05) is 5.32 Å². The van der Waals surface area contributed by atoms with Crippen LogP contribution in [0.2, 0.25) is 0 Å². The van der Waals surface area contributed by atoms with Crippen molar-refractivity contribution in [2.45, 2.75) is 12.4 Å². The molecule has 0 aliphatic heterocycles. The highest BCUT2D eigenvalue weighted by atomic mass is 19.4. The Bertz CT molecular complexity index is 1800. The van der Waals surface area contributed by atoms with Crippen LogP contribution in [0.25, 0.3) is 22.0 Å². The average Bonchev–Trinajstić information content (AvgIpc) is 2.95. The zero-order chi connectivity index (χ0) is 30.1. The van der Waals surface area contributed by atoms with E-state index < -0.39 is 35.4 Å². The molecule has 1 N–H and O–H groups in total. The van der Waals surface area contributed by atoms with Gasteiger partial charge in [-0.1, -0.05) is 60.7 Å². The van der Waals surface area contributed by atoms with Gasteiger partial charge < -0.3 is 4.74 Å². The third kappa shape index (κ3) is 5.95. The molecule has 5 nitrogen and oxygen atoms in total. The molecule has 0 saturated carbocycles. The number of ketones is 1. The summed E-state index contributed by atoms with van der Waals surface area (Å²) in [6, 6.07) is 21.3.